The molecule has 0 radical (unpaired) electrons. The number of hydrogen-bond donors (Lipinski definition) is 2. The number of anilines is 1. The van der Waals surface area contributed by atoms with Gasteiger partial charge in [0.05, 0.1) is 0 Å². The van der Waals surface area contributed by atoms with Crippen LogP contribution >= 0.6 is 0 Å². The highest BCUT2D eigenvalue weighted by Crippen LogP contribution is 2.29. The number of piperidine rings is 1. The maximum absolute atomic E-state index is 4.82. The summed E-state index contributed by atoms with van der Waals surface area (Å²) in [5, 5.41) is 11.4. The van der Waals surface area contributed by atoms with Gasteiger partial charge in [-0.05, 0) is 38.1 Å². The van der Waals surface area contributed by atoms with Crippen LogP contribution < -0.4 is 10.2 Å². The van der Waals surface area contributed by atoms with Crippen LogP contribution in [0.5, 0.6) is 0 Å². The average Bonchev–Trinajstić information content (AvgIpc) is 3.13. The van der Waals surface area contributed by atoms with Gasteiger partial charge in [0, 0.05) is 25.0 Å². The molecule has 2 atom stereocenters. The van der Waals surface area contributed by atoms with Gasteiger partial charge in [-0.3, -0.25) is 5.10 Å². The van der Waals surface area contributed by atoms with Crippen LogP contribution in [0.1, 0.15) is 64.1 Å². The Balaban J connectivity index is 1.67. The third-order valence-electron chi connectivity index (χ3n) is 5.03. The van der Waals surface area contributed by atoms with Crippen LogP contribution in [-0.2, 0) is 0 Å². The molecular formula is C16H29N5. The molecule has 0 amide bonds. The normalized spacial score (nSPS) is 25.6. The topological polar surface area (TPSA) is 56.8 Å². The second-order valence-corrected chi connectivity index (χ2v) is 6.66. The number of rotatable bonds is 6. The van der Waals surface area contributed by atoms with Crippen molar-refractivity contribution in [3.63, 3.8) is 0 Å². The van der Waals surface area contributed by atoms with Crippen molar-refractivity contribution >= 4 is 5.95 Å². The summed E-state index contributed by atoms with van der Waals surface area (Å²) in [6, 6.07) is 0.641. The molecule has 118 valence electrons. The largest absolute Gasteiger partial charge is 0.338 e. The Labute approximate surface area is 127 Å². The Hall–Kier alpha value is -1.10. The second-order valence-electron chi connectivity index (χ2n) is 6.66. The van der Waals surface area contributed by atoms with Crippen LogP contribution in [0.25, 0.3) is 0 Å². The van der Waals surface area contributed by atoms with Gasteiger partial charge in [-0.2, -0.15) is 4.98 Å². The molecule has 2 N–H and O–H groups in total. The second kappa shape index (κ2) is 6.77. The molecule has 0 spiro atoms. The van der Waals surface area contributed by atoms with Crippen molar-refractivity contribution in [3.8, 4) is 0 Å². The van der Waals surface area contributed by atoms with Crippen LogP contribution in [0.3, 0.4) is 0 Å². The molecule has 0 aromatic carbocycles. The minimum atomic E-state index is 0.546. The lowest BCUT2D eigenvalue weighted by molar-refractivity contribution is 0.340. The number of nitrogens with one attached hydrogen (secondary N) is 2. The molecular weight excluding hydrogens is 262 g/mol. The quantitative estimate of drug-likeness (QED) is 0.846. The van der Waals surface area contributed by atoms with Crippen molar-refractivity contribution in [2.75, 3.05) is 24.5 Å². The lowest BCUT2D eigenvalue weighted by Crippen LogP contribution is -2.40. The molecule has 21 heavy (non-hydrogen) atoms. The summed E-state index contributed by atoms with van der Waals surface area (Å²) in [5.41, 5.74) is 0. The first-order valence-electron chi connectivity index (χ1n) is 8.72. The van der Waals surface area contributed by atoms with Crippen LogP contribution in [0, 0.1) is 5.92 Å². The zero-order valence-electron chi connectivity index (χ0n) is 13.4. The van der Waals surface area contributed by atoms with E-state index in [9.17, 15) is 0 Å². The van der Waals surface area contributed by atoms with Gasteiger partial charge >= 0.3 is 0 Å². The average molecular weight is 291 g/mol. The smallest absolute Gasteiger partial charge is 0.244 e. The van der Waals surface area contributed by atoms with Gasteiger partial charge in [0.15, 0.2) is 0 Å². The Morgan fingerprint density at radius 3 is 2.76 bits per heavy atom. The third-order valence-corrected chi connectivity index (χ3v) is 5.03. The summed E-state index contributed by atoms with van der Waals surface area (Å²) in [4.78, 5) is 7.18. The summed E-state index contributed by atoms with van der Waals surface area (Å²) in [7, 11) is 0. The predicted octanol–water partition coefficient (Wildman–Crippen LogP) is 2.68. The maximum Gasteiger partial charge on any atom is 0.244 e. The van der Waals surface area contributed by atoms with Crippen LogP contribution in [0.15, 0.2) is 0 Å². The van der Waals surface area contributed by atoms with E-state index in [1.54, 1.807) is 0 Å². The highest BCUT2D eigenvalue weighted by molar-refractivity contribution is 5.33. The number of aromatic nitrogens is 3. The van der Waals surface area contributed by atoms with E-state index in [1.165, 1.54) is 45.1 Å². The van der Waals surface area contributed by atoms with Gasteiger partial charge in [-0.15, -0.1) is 5.10 Å². The van der Waals surface area contributed by atoms with Gasteiger partial charge in [0.25, 0.3) is 0 Å². The van der Waals surface area contributed by atoms with Crippen molar-refractivity contribution < 1.29 is 0 Å². The summed E-state index contributed by atoms with van der Waals surface area (Å²) in [6.45, 7) is 7.84. The standard InChI is InChI=1S/C16H29N5/c1-3-6-12(7-4-2)15-18-16(20-19-15)21-10-13-8-5-9-17-14(13)11-21/h12-14,17H,3-11H2,1-2H3,(H,18,19,20). The Kier molecular flexibility index (Phi) is 4.78. The van der Waals surface area contributed by atoms with Gasteiger partial charge in [0.2, 0.25) is 5.95 Å². The molecule has 2 aliphatic rings. The van der Waals surface area contributed by atoms with E-state index in [2.05, 4.69) is 34.3 Å². The monoisotopic (exact) mass is 291 g/mol. The van der Waals surface area contributed by atoms with Gasteiger partial charge < -0.3 is 10.2 Å². The van der Waals surface area contributed by atoms with Crippen molar-refractivity contribution in [1.29, 1.82) is 0 Å². The van der Waals surface area contributed by atoms with E-state index in [0.717, 1.165) is 30.8 Å². The number of H-pyrrole nitrogens is 1. The minimum Gasteiger partial charge on any atom is -0.338 e. The fourth-order valence-corrected chi connectivity index (χ4v) is 3.91. The van der Waals surface area contributed by atoms with Crippen molar-refractivity contribution in [3.05, 3.63) is 5.82 Å². The number of nitrogens with zero attached hydrogens (tertiary/aromatic N) is 3. The molecule has 1 aromatic rings. The molecule has 2 unspecified atom stereocenters. The molecule has 2 aliphatic heterocycles. The molecule has 3 heterocycles. The van der Waals surface area contributed by atoms with E-state index in [1.807, 2.05) is 0 Å². The zero-order chi connectivity index (χ0) is 14.7. The molecule has 0 aliphatic carbocycles. The van der Waals surface area contributed by atoms with E-state index >= 15 is 0 Å². The first kappa shape index (κ1) is 14.8. The van der Waals surface area contributed by atoms with E-state index in [4.69, 9.17) is 4.98 Å². The highest BCUT2D eigenvalue weighted by atomic mass is 15.4. The first-order valence-corrected chi connectivity index (χ1v) is 8.72. The van der Waals surface area contributed by atoms with Crippen molar-refractivity contribution in [1.82, 2.24) is 20.5 Å². The summed E-state index contributed by atoms with van der Waals surface area (Å²) >= 11 is 0. The fraction of sp³-hybridized carbons (Fsp3) is 0.875. The first-order chi connectivity index (χ1) is 10.3. The third kappa shape index (κ3) is 3.23. The minimum absolute atomic E-state index is 0.546. The summed E-state index contributed by atoms with van der Waals surface area (Å²) in [6.07, 6.45) is 7.48. The molecule has 0 saturated carbocycles. The molecule has 5 heteroatoms. The fourth-order valence-electron chi connectivity index (χ4n) is 3.91. The predicted molar refractivity (Wildman–Crippen MR) is 85.7 cm³/mol. The highest BCUT2D eigenvalue weighted by Gasteiger charge is 2.35. The maximum atomic E-state index is 4.82. The summed E-state index contributed by atoms with van der Waals surface area (Å²) < 4.78 is 0. The van der Waals surface area contributed by atoms with Crippen LogP contribution in [-0.4, -0.2) is 40.9 Å². The molecule has 1 aromatic heterocycles. The van der Waals surface area contributed by atoms with Crippen LogP contribution in [0.2, 0.25) is 0 Å². The zero-order valence-corrected chi connectivity index (χ0v) is 13.4. The lowest BCUT2D eigenvalue weighted by atomic mass is 9.94. The van der Waals surface area contributed by atoms with Gasteiger partial charge in [0.1, 0.15) is 5.82 Å². The summed E-state index contributed by atoms with van der Waals surface area (Å²) in [5.74, 6) is 3.34. The number of hydrogen-bond acceptors (Lipinski definition) is 4. The Bertz CT molecular complexity index is 424. The van der Waals surface area contributed by atoms with E-state index in [0.29, 0.717) is 12.0 Å². The van der Waals surface area contributed by atoms with Crippen molar-refractivity contribution in [2.45, 2.75) is 64.3 Å². The molecule has 2 saturated heterocycles. The lowest BCUT2D eigenvalue weighted by Gasteiger charge is -2.24. The van der Waals surface area contributed by atoms with Crippen LogP contribution in [0.4, 0.5) is 5.95 Å². The Morgan fingerprint density at radius 2 is 2.05 bits per heavy atom. The number of aromatic amines is 1. The van der Waals surface area contributed by atoms with Crippen molar-refractivity contribution in [2.24, 2.45) is 5.92 Å². The molecule has 5 nitrogen and oxygen atoms in total. The molecule has 0 bridgehead atoms. The van der Waals surface area contributed by atoms with Gasteiger partial charge in [-0.1, -0.05) is 26.7 Å². The van der Waals surface area contributed by atoms with E-state index in [-0.39, 0.29) is 0 Å². The molecule has 3 rings (SSSR count). The number of fused-ring (bicyclic) bond motifs is 1. The Morgan fingerprint density at radius 1 is 1.24 bits per heavy atom. The van der Waals surface area contributed by atoms with Gasteiger partial charge in [-0.25, -0.2) is 0 Å². The van der Waals surface area contributed by atoms with E-state index < -0.39 is 0 Å². The molecule has 2 fully saturated rings. The SMILES string of the molecule is CCCC(CCC)c1nc(N2CC3CCCNC3C2)n[nH]1.